The highest BCUT2D eigenvalue weighted by Gasteiger charge is 2.54. The van der Waals surface area contributed by atoms with Gasteiger partial charge in [-0.05, 0) is 6.92 Å². The summed E-state index contributed by atoms with van der Waals surface area (Å²) in [7, 11) is 2.54. The minimum Gasteiger partial charge on any atom is -0.467 e. The topological polar surface area (TPSA) is 295 Å². The molecular formula is C23H37N3O17. The molecule has 3 aliphatic heterocycles. The van der Waals surface area contributed by atoms with Gasteiger partial charge in [-0.15, -0.1) is 15.0 Å². The van der Waals surface area contributed by atoms with E-state index in [-0.39, 0.29) is 12.0 Å². The van der Waals surface area contributed by atoms with Crippen molar-refractivity contribution in [2.75, 3.05) is 27.4 Å². The molecule has 43 heavy (non-hydrogen) atoms. The first-order valence-electron chi connectivity index (χ1n) is 13.2. The van der Waals surface area contributed by atoms with Crippen LogP contribution in [0.4, 0.5) is 0 Å². The molecule has 0 unspecified atom stereocenters. The van der Waals surface area contributed by atoms with Crippen molar-refractivity contribution in [3.63, 3.8) is 0 Å². The lowest BCUT2D eigenvalue weighted by atomic mass is 9.96. The van der Waals surface area contributed by atoms with Gasteiger partial charge < -0.3 is 83.9 Å². The Morgan fingerprint density at radius 2 is 1.07 bits per heavy atom. The molecule has 3 aliphatic rings. The van der Waals surface area contributed by atoms with E-state index in [1.54, 1.807) is 0 Å². The Balaban J connectivity index is 1.53. The second-order valence-corrected chi connectivity index (χ2v) is 10.0. The van der Waals surface area contributed by atoms with Crippen LogP contribution in [0.2, 0.25) is 0 Å². The first kappa shape index (κ1) is 33.7. The van der Waals surface area contributed by atoms with Gasteiger partial charge in [-0.1, -0.05) is 0 Å². The molecular weight excluding hydrogens is 590 g/mol. The molecule has 20 nitrogen and oxygen atoms in total. The van der Waals surface area contributed by atoms with E-state index < -0.39 is 111 Å². The van der Waals surface area contributed by atoms with Gasteiger partial charge in [0, 0.05) is 0 Å². The number of aliphatic hydroxyl groups is 9. The van der Waals surface area contributed by atoms with Crippen LogP contribution in [0.1, 0.15) is 6.92 Å². The van der Waals surface area contributed by atoms with E-state index in [2.05, 4.69) is 15.0 Å². The first-order chi connectivity index (χ1) is 20.4. The average molecular weight is 628 g/mol. The van der Waals surface area contributed by atoms with Crippen molar-refractivity contribution in [2.24, 2.45) is 0 Å². The summed E-state index contributed by atoms with van der Waals surface area (Å²) < 4.78 is 43.3. The molecule has 0 aromatic carbocycles. The van der Waals surface area contributed by atoms with Crippen LogP contribution in [0.3, 0.4) is 0 Å². The van der Waals surface area contributed by atoms with Gasteiger partial charge in [-0.2, -0.15) is 0 Å². The maximum atomic E-state index is 11.0. The van der Waals surface area contributed by atoms with Gasteiger partial charge in [-0.3, -0.25) is 0 Å². The molecule has 15 atom stereocenters. The number of hydrogen-bond acceptors (Lipinski definition) is 20. The van der Waals surface area contributed by atoms with Crippen molar-refractivity contribution in [3.05, 3.63) is 0 Å². The summed E-state index contributed by atoms with van der Waals surface area (Å²) in [5, 5.41) is 93.3. The number of aliphatic hydroxyl groups excluding tert-OH is 9. The lowest BCUT2D eigenvalue weighted by Gasteiger charge is -2.48. The standard InChI is InChI=1S/C23H37N3O17/c1-6-9(29)11(31)14(34)18(38-6)42-17-12(32)10(30)7(4-27)39-20(17)41-16-8(5-28)40-19(15(35)13(16)33)43-23-25-21(36-2)24-22(26-23)37-3/h6-20,27-35H,4-5H2,1-3H3/t6-,7+,8+,9+,10-,11+,12-,13+,14-,15+,16+,17+,18-,19-,20-/m0/s1. The lowest BCUT2D eigenvalue weighted by Crippen LogP contribution is -2.67. The second kappa shape index (κ2) is 14.3. The summed E-state index contributed by atoms with van der Waals surface area (Å²) in [6.07, 6.45) is -24.6. The van der Waals surface area contributed by atoms with Crippen molar-refractivity contribution >= 4 is 0 Å². The molecule has 0 saturated carbocycles. The smallest absolute Gasteiger partial charge is 0.328 e. The zero-order chi connectivity index (χ0) is 31.6. The number of ether oxygens (including phenoxy) is 8. The molecule has 0 spiro atoms. The number of hydrogen-bond donors (Lipinski definition) is 9. The summed E-state index contributed by atoms with van der Waals surface area (Å²) in [6.45, 7) is -0.212. The third-order valence-electron chi connectivity index (χ3n) is 7.20. The highest BCUT2D eigenvalue weighted by atomic mass is 16.8. The van der Waals surface area contributed by atoms with E-state index in [4.69, 9.17) is 37.9 Å². The SMILES string of the molecule is COc1nc(OC)nc(O[C@@H]2O[C@H](CO)[C@@H](O[C@@H]3O[C@H](CO)[C@H](O)[C@H](O)[C@H]3O[C@@H]3O[C@@H](C)[C@@H](O)[C@@H](O)[C@@H]3O)[C@H](O)[C@H]2O)n1. The lowest BCUT2D eigenvalue weighted by molar-refractivity contribution is -0.384. The van der Waals surface area contributed by atoms with Crippen molar-refractivity contribution in [2.45, 2.75) is 99.0 Å². The number of nitrogens with zero attached hydrogens (tertiary/aromatic N) is 3. The third-order valence-corrected chi connectivity index (χ3v) is 7.20. The summed E-state index contributed by atoms with van der Waals surface area (Å²) >= 11 is 0. The van der Waals surface area contributed by atoms with Crippen LogP contribution in [-0.4, -0.2) is 180 Å². The van der Waals surface area contributed by atoms with E-state index in [1.165, 1.54) is 21.1 Å². The molecule has 246 valence electrons. The van der Waals surface area contributed by atoms with E-state index in [0.717, 1.165) is 0 Å². The Bertz CT molecular complexity index is 1020. The fraction of sp³-hybridized carbons (Fsp3) is 0.870. The van der Waals surface area contributed by atoms with E-state index in [0.29, 0.717) is 0 Å². The molecule has 0 bridgehead atoms. The third kappa shape index (κ3) is 7.07. The molecule has 1 aromatic rings. The monoisotopic (exact) mass is 627 g/mol. The molecule has 0 aliphatic carbocycles. The zero-order valence-corrected chi connectivity index (χ0v) is 23.2. The highest BCUT2D eigenvalue weighted by molar-refractivity contribution is 5.09. The largest absolute Gasteiger partial charge is 0.467 e. The summed E-state index contributed by atoms with van der Waals surface area (Å²) in [5.74, 6) is 0. The molecule has 4 heterocycles. The van der Waals surface area contributed by atoms with Crippen LogP contribution in [0.25, 0.3) is 0 Å². The second-order valence-electron chi connectivity index (χ2n) is 10.0. The van der Waals surface area contributed by atoms with Gasteiger partial charge in [0.25, 0.3) is 0 Å². The van der Waals surface area contributed by atoms with Crippen LogP contribution in [0.5, 0.6) is 18.0 Å². The minimum atomic E-state index is -1.87. The highest BCUT2D eigenvalue weighted by Crippen LogP contribution is 2.33. The average Bonchev–Trinajstić information content (AvgIpc) is 3.01. The summed E-state index contributed by atoms with van der Waals surface area (Å²) in [4.78, 5) is 11.5. The Labute approximate surface area is 243 Å². The normalized spacial score (nSPS) is 43.7. The van der Waals surface area contributed by atoms with E-state index in [9.17, 15) is 46.0 Å². The van der Waals surface area contributed by atoms with Crippen LogP contribution in [0, 0.1) is 0 Å². The fourth-order valence-corrected chi connectivity index (χ4v) is 4.72. The number of methoxy groups -OCH3 is 2. The first-order valence-corrected chi connectivity index (χ1v) is 13.2. The Morgan fingerprint density at radius 3 is 1.65 bits per heavy atom. The fourth-order valence-electron chi connectivity index (χ4n) is 4.72. The summed E-state index contributed by atoms with van der Waals surface area (Å²) in [6, 6.07) is -0.817. The van der Waals surface area contributed by atoms with Crippen molar-refractivity contribution < 1.29 is 83.9 Å². The van der Waals surface area contributed by atoms with E-state index >= 15 is 0 Å². The Hall–Kier alpha value is -2.15. The molecule has 4 rings (SSSR count). The van der Waals surface area contributed by atoms with Gasteiger partial charge in [0.15, 0.2) is 12.6 Å². The van der Waals surface area contributed by atoms with Gasteiger partial charge in [0.1, 0.15) is 67.1 Å². The van der Waals surface area contributed by atoms with Gasteiger partial charge in [0.05, 0.1) is 33.5 Å². The van der Waals surface area contributed by atoms with Crippen LogP contribution in [-0.2, 0) is 23.7 Å². The molecule has 0 amide bonds. The van der Waals surface area contributed by atoms with Crippen LogP contribution < -0.4 is 14.2 Å². The van der Waals surface area contributed by atoms with Crippen LogP contribution in [0.15, 0.2) is 0 Å². The predicted molar refractivity (Wildman–Crippen MR) is 131 cm³/mol. The van der Waals surface area contributed by atoms with Crippen LogP contribution >= 0.6 is 0 Å². The summed E-state index contributed by atoms with van der Waals surface area (Å²) in [5.41, 5.74) is 0. The van der Waals surface area contributed by atoms with Gasteiger partial charge in [-0.25, -0.2) is 0 Å². The number of aromatic nitrogens is 3. The Morgan fingerprint density at radius 1 is 0.558 bits per heavy atom. The molecule has 9 N–H and O–H groups in total. The molecule has 0 radical (unpaired) electrons. The van der Waals surface area contributed by atoms with Crippen molar-refractivity contribution in [1.29, 1.82) is 0 Å². The van der Waals surface area contributed by atoms with Gasteiger partial charge >= 0.3 is 18.0 Å². The molecule has 3 fully saturated rings. The minimum absolute atomic E-state index is 0.198. The molecule has 1 aromatic heterocycles. The Kier molecular flexibility index (Phi) is 11.2. The van der Waals surface area contributed by atoms with Crippen molar-refractivity contribution in [1.82, 2.24) is 15.0 Å². The predicted octanol–water partition coefficient (Wildman–Crippen LogP) is -6.26. The zero-order valence-electron chi connectivity index (χ0n) is 23.2. The van der Waals surface area contributed by atoms with Gasteiger partial charge in [0.2, 0.25) is 6.29 Å². The quantitative estimate of drug-likeness (QED) is 0.116. The molecule has 20 heteroatoms. The van der Waals surface area contributed by atoms with Crippen molar-refractivity contribution in [3.8, 4) is 18.0 Å². The van der Waals surface area contributed by atoms with E-state index in [1.807, 2.05) is 0 Å². The molecule has 3 saturated heterocycles. The maximum Gasteiger partial charge on any atom is 0.328 e. The maximum absolute atomic E-state index is 11.0. The number of rotatable bonds is 10.